The molecule has 4 heteroatoms. The van der Waals surface area contributed by atoms with Gasteiger partial charge < -0.3 is 19.3 Å². The van der Waals surface area contributed by atoms with Gasteiger partial charge in [0.1, 0.15) is 0 Å². The van der Waals surface area contributed by atoms with Crippen LogP contribution < -0.4 is 14.7 Å². The zero-order valence-electron chi connectivity index (χ0n) is 70.1. The summed E-state index contributed by atoms with van der Waals surface area (Å²) in [5, 5.41) is 13.3. The van der Waals surface area contributed by atoms with E-state index in [9.17, 15) is 0 Å². The van der Waals surface area contributed by atoms with Crippen LogP contribution in [-0.2, 0) is 25.8 Å². The Labute approximate surface area is 636 Å². The Kier molecular flexibility index (Phi) is 49.5. The van der Waals surface area contributed by atoms with Crippen LogP contribution in [0.5, 0.6) is 0 Å². The number of fused-ring (bicyclic) bond motifs is 10. The van der Waals surface area contributed by atoms with Crippen molar-refractivity contribution in [2.24, 2.45) is 0 Å². The predicted octanol–water partition coefficient (Wildman–Crippen LogP) is 30.7. The Morgan fingerprint density at radius 2 is 0.462 bits per heavy atom. The van der Waals surface area contributed by atoms with Crippen molar-refractivity contribution in [2.45, 2.75) is 206 Å². The number of hydrogen-bond acceptors (Lipinski definition) is 3. The second-order valence-electron chi connectivity index (χ2n) is 22.2. The Morgan fingerprint density at radius 3 is 0.740 bits per heavy atom. The van der Waals surface area contributed by atoms with Crippen molar-refractivity contribution in [3.63, 3.8) is 0 Å². The molecule has 14 rings (SSSR count). The lowest BCUT2D eigenvalue weighted by Gasteiger charge is -2.25. The fourth-order valence-electron chi connectivity index (χ4n) is 12.7. The Bertz CT molecular complexity index is 4070. The van der Waals surface area contributed by atoms with E-state index >= 15 is 0 Å². The van der Waals surface area contributed by atoms with E-state index < -0.39 is 0 Å². The quantitative estimate of drug-likeness (QED) is 0.114. The first-order valence-electron chi connectivity index (χ1n) is 40.7. The molecule has 0 saturated heterocycles. The molecule has 0 aliphatic heterocycles. The van der Waals surface area contributed by atoms with E-state index in [0.717, 1.165) is 65.1 Å². The average molecular weight is 1400 g/mol. The van der Waals surface area contributed by atoms with Gasteiger partial charge in [-0.05, 0) is 191 Å². The van der Waals surface area contributed by atoms with E-state index in [2.05, 4.69) is 329 Å². The number of anilines is 3. The van der Waals surface area contributed by atoms with Crippen LogP contribution >= 0.6 is 0 Å². The molecule has 1 heterocycles. The predicted molar refractivity (Wildman–Crippen MR) is 481 cm³/mol. The molecule has 13 aromatic rings. The smallest absolute Gasteiger partial charge is 0.0502 e. The summed E-state index contributed by atoms with van der Waals surface area (Å²) in [6, 6.07) is 91.5. The lowest BCUT2D eigenvalue weighted by Crippen LogP contribution is -2.23. The van der Waals surface area contributed by atoms with Gasteiger partial charge in [-0.3, -0.25) is 0 Å². The molecule has 104 heavy (non-hydrogen) atoms. The molecule has 1 aliphatic rings. The second kappa shape index (κ2) is 55.4. The highest BCUT2D eigenvalue weighted by Crippen LogP contribution is 2.37. The first kappa shape index (κ1) is 92.9. The van der Waals surface area contributed by atoms with Crippen molar-refractivity contribution in [3.8, 4) is 11.1 Å². The summed E-state index contributed by atoms with van der Waals surface area (Å²) >= 11 is 0. The summed E-state index contributed by atoms with van der Waals surface area (Å²) in [5.41, 5.74) is 16.8. The van der Waals surface area contributed by atoms with Gasteiger partial charge in [0, 0.05) is 78.1 Å². The summed E-state index contributed by atoms with van der Waals surface area (Å²) in [4.78, 5) is 7.34. The van der Waals surface area contributed by atoms with Crippen molar-refractivity contribution in [3.05, 3.63) is 283 Å². The molecule has 0 unspecified atom stereocenters. The molecule has 1 aliphatic carbocycles. The molecule has 0 fully saturated rings. The third-order valence-electron chi connectivity index (χ3n) is 17.3. The molecule has 12 aromatic carbocycles. The molecule has 1 aromatic heterocycles. The summed E-state index contributed by atoms with van der Waals surface area (Å²) in [7, 11) is 0. The number of aryl methyl sites for hydroxylation is 2. The Morgan fingerprint density at radius 1 is 0.240 bits per heavy atom. The van der Waals surface area contributed by atoms with Crippen LogP contribution in [0.4, 0.5) is 17.1 Å². The third-order valence-corrected chi connectivity index (χ3v) is 17.3. The normalized spacial score (nSPS) is 9.75. The number of benzene rings is 12. The van der Waals surface area contributed by atoms with Crippen molar-refractivity contribution in [1.29, 1.82) is 0 Å². The molecular formula is C100H140N4. The fraction of sp³-hybridized carbons (Fsp3) is 0.360. The fourth-order valence-corrected chi connectivity index (χ4v) is 12.7. The minimum Gasteiger partial charge on any atom is -0.372 e. The van der Waals surface area contributed by atoms with Crippen molar-refractivity contribution < 1.29 is 0 Å². The van der Waals surface area contributed by atoms with Crippen molar-refractivity contribution in [1.82, 2.24) is 4.57 Å². The molecule has 0 atom stereocenters. The van der Waals surface area contributed by atoms with E-state index in [1.807, 2.05) is 125 Å². The number of para-hydroxylation sites is 2. The molecule has 4 nitrogen and oxygen atoms in total. The topological polar surface area (TPSA) is 14.7 Å². The lowest BCUT2D eigenvalue weighted by molar-refractivity contribution is 0.825. The van der Waals surface area contributed by atoms with Gasteiger partial charge in [0.05, 0.1) is 6.54 Å². The Balaban J connectivity index is 0.000000636. The van der Waals surface area contributed by atoms with E-state index in [1.165, 1.54) is 121 Å². The molecular weight excluding hydrogens is 1260 g/mol. The van der Waals surface area contributed by atoms with Gasteiger partial charge >= 0.3 is 0 Å². The summed E-state index contributed by atoms with van der Waals surface area (Å²) in [6.07, 6.45) is 3.29. The molecule has 0 N–H and O–H groups in total. The van der Waals surface area contributed by atoms with Gasteiger partial charge in [0.2, 0.25) is 0 Å². The maximum Gasteiger partial charge on any atom is 0.0502 e. The minimum atomic E-state index is 0.866. The third kappa shape index (κ3) is 25.9. The number of nitrogens with zero attached hydrogens (tertiary/aromatic N) is 4. The minimum absolute atomic E-state index is 0.866. The van der Waals surface area contributed by atoms with Crippen molar-refractivity contribution in [2.75, 3.05) is 54.0 Å². The lowest BCUT2D eigenvalue weighted by atomic mass is 10.0. The Hall–Kier alpha value is -9.12. The van der Waals surface area contributed by atoms with E-state index in [1.54, 1.807) is 0 Å². The standard InChI is InChI=1S/C27H26N2.2C16H21N.C13H10.C10H8.9C2H6/c1-3-28(4-2)27-18-21-12-6-5-11-20(21)17-22(27)19-29-25-15-9-7-13-23(25)24-14-8-10-16-26(24)29;2*1-4-13-11-14-9-7-8-10-15(14)12-16(13)17(5-2)6-3;1-3-7-12-10(5-1)9-11-6-2-4-8-13(11)12;1-2-6-10-8-4-3-7-9(10)5-1;9*1-2/h5-18H,3-4,19H2,1-2H3;2*7-12H,4-6H2,1-3H3;1-8H,9H2;1-8H;9*1-2H3. The zero-order valence-corrected chi connectivity index (χ0v) is 70.1. The van der Waals surface area contributed by atoms with Gasteiger partial charge in [-0.15, -0.1) is 0 Å². The van der Waals surface area contributed by atoms with E-state index in [4.69, 9.17) is 0 Å². The molecule has 0 spiro atoms. The molecule has 0 saturated carbocycles. The van der Waals surface area contributed by atoms with Crippen LogP contribution in [0.3, 0.4) is 0 Å². The maximum absolute atomic E-state index is 2.47. The van der Waals surface area contributed by atoms with Crippen LogP contribution in [0.25, 0.3) is 76.0 Å². The summed E-state index contributed by atoms with van der Waals surface area (Å²) in [6.45, 7) is 61.0. The second-order valence-corrected chi connectivity index (χ2v) is 22.2. The first-order chi connectivity index (χ1) is 51.3. The first-order valence-corrected chi connectivity index (χ1v) is 40.7. The molecule has 560 valence electrons. The average Bonchev–Trinajstić information content (AvgIpc) is 1.65. The van der Waals surface area contributed by atoms with Gasteiger partial charge in [-0.1, -0.05) is 345 Å². The number of rotatable bonds is 13. The summed E-state index contributed by atoms with van der Waals surface area (Å²) in [5.74, 6) is 0. The molecule has 0 radical (unpaired) electrons. The highest BCUT2D eigenvalue weighted by Gasteiger charge is 2.18. The highest BCUT2D eigenvalue weighted by molar-refractivity contribution is 6.08. The van der Waals surface area contributed by atoms with Crippen LogP contribution in [-0.4, -0.2) is 43.8 Å². The maximum atomic E-state index is 2.47. The number of aromatic nitrogens is 1. The van der Waals surface area contributed by atoms with Gasteiger partial charge in [-0.25, -0.2) is 0 Å². The molecule has 0 bridgehead atoms. The zero-order chi connectivity index (χ0) is 77.8. The van der Waals surface area contributed by atoms with Gasteiger partial charge in [-0.2, -0.15) is 0 Å². The van der Waals surface area contributed by atoms with Crippen LogP contribution in [0.2, 0.25) is 0 Å². The number of hydrogen-bond donors (Lipinski definition) is 0. The largest absolute Gasteiger partial charge is 0.372 e. The van der Waals surface area contributed by atoms with E-state index in [-0.39, 0.29) is 0 Å². The van der Waals surface area contributed by atoms with Gasteiger partial charge in [0.25, 0.3) is 0 Å². The molecule has 0 amide bonds. The van der Waals surface area contributed by atoms with Gasteiger partial charge in [0.15, 0.2) is 0 Å². The summed E-state index contributed by atoms with van der Waals surface area (Å²) < 4.78 is 2.47. The highest BCUT2D eigenvalue weighted by atomic mass is 15.1. The van der Waals surface area contributed by atoms with Crippen molar-refractivity contribution >= 4 is 82.0 Å². The van der Waals surface area contributed by atoms with Crippen LogP contribution in [0.1, 0.15) is 208 Å². The van der Waals surface area contributed by atoms with Crippen LogP contribution in [0, 0.1) is 0 Å². The monoisotopic (exact) mass is 1400 g/mol. The van der Waals surface area contributed by atoms with Crippen LogP contribution in [0.15, 0.2) is 255 Å². The SMILES string of the molecule is CC.CC.CC.CC.CC.CC.CC.CC.CC.CCN(CC)c1cc2ccccc2cc1Cn1c2ccccc2c2ccccc21.CCc1cc2ccccc2cc1N(CC)CC.CCc1cc2ccccc2cc1N(CC)CC.c1ccc2c(c1)Cc1ccccc1-2.c1ccc2ccccc2c1. The van der Waals surface area contributed by atoms with E-state index in [0.29, 0.717) is 0 Å².